The van der Waals surface area contributed by atoms with Crippen molar-refractivity contribution in [3.05, 3.63) is 72.3 Å². The first kappa shape index (κ1) is 24.7. The summed E-state index contributed by atoms with van der Waals surface area (Å²) in [5.74, 6) is 1.16. The number of methoxy groups -OCH3 is 1. The zero-order valence-corrected chi connectivity index (χ0v) is 20.6. The Bertz CT molecular complexity index is 1070. The van der Waals surface area contributed by atoms with Crippen LogP contribution in [0, 0.1) is 0 Å². The molecule has 2 aromatic carbocycles. The molecule has 184 valence electrons. The molecule has 0 spiro atoms. The van der Waals surface area contributed by atoms with Gasteiger partial charge in [0.05, 0.1) is 19.8 Å². The quantitative estimate of drug-likeness (QED) is 0.504. The maximum Gasteiger partial charge on any atom is 0.221 e. The van der Waals surface area contributed by atoms with Gasteiger partial charge in [0.1, 0.15) is 11.9 Å². The molecular formula is C25H33N3O5S. The fraction of sp³-hybridized carbons (Fsp3) is 0.440. The van der Waals surface area contributed by atoms with E-state index in [1.807, 2.05) is 54.6 Å². The Kier molecular flexibility index (Phi) is 7.90. The average Bonchev–Trinajstić information content (AvgIpc) is 3.26. The minimum atomic E-state index is -3.56. The fourth-order valence-electron chi connectivity index (χ4n) is 4.53. The van der Waals surface area contributed by atoms with Crippen molar-refractivity contribution in [2.75, 3.05) is 53.5 Å². The van der Waals surface area contributed by atoms with Crippen molar-refractivity contribution in [2.24, 2.45) is 0 Å². The molecule has 2 aliphatic rings. The summed E-state index contributed by atoms with van der Waals surface area (Å²) < 4.78 is 40.3. The van der Waals surface area contributed by atoms with Gasteiger partial charge in [-0.1, -0.05) is 42.5 Å². The highest BCUT2D eigenvalue weighted by molar-refractivity contribution is 7.89. The minimum absolute atomic E-state index is 0.116. The largest absolute Gasteiger partial charge is 0.493 e. The molecule has 2 unspecified atom stereocenters. The average molecular weight is 488 g/mol. The highest BCUT2D eigenvalue weighted by Crippen LogP contribution is 2.39. The summed E-state index contributed by atoms with van der Waals surface area (Å²) in [6, 6.07) is 15.0. The van der Waals surface area contributed by atoms with Gasteiger partial charge in [0.15, 0.2) is 11.5 Å². The van der Waals surface area contributed by atoms with Crippen LogP contribution in [0.4, 0.5) is 0 Å². The van der Waals surface area contributed by atoms with E-state index >= 15 is 0 Å². The number of piperazine rings is 1. The summed E-state index contributed by atoms with van der Waals surface area (Å²) >= 11 is 0. The van der Waals surface area contributed by atoms with Gasteiger partial charge >= 0.3 is 0 Å². The van der Waals surface area contributed by atoms with Gasteiger partial charge < -0.3 is 9.47 Å². The van der Waals surface area contributed by atoms with Gasteiger partial charge in [0.2, 0.25) is 10.0 Å². The third kappa shape index (κ3) is 5.29. The molecule has 2 aliphatic heterocycles. The predicted molar refractivity (Wildman–Crippen MR) is 131 cm³/mol. The van der Waals surface area contributed by atoms with Crippen molar-refractivity contribution in [1.29, 1.82) is 0 Å². The Balaban J connectivity index is 1.52. The van der Waals surface area contributed by atoms with Crippen LogP contribution in [0.5, 0.6) is 11.5 Å². The van der Waals surface area contributed by atoms with Crippen LogP contribution >= 0.6 is 0 Å². The van der Waals surface area contributed by atoms with Gasteiger partial charge in [-0.2, -0.15) is 9.37 Å². The maximum atomic E-state index is 13.6. The molecule has 0 radical (unpaired) electrons. The highest BCUT2D eigenvalue weighted by atomic mass is 32.2. The van der Waals surface area contributed by atoms with Gasteiger partial charge in [0, 0.05) is 39.8 Å². The maximum absolute atomic E-state index is 13.6. The number of nitrogens with zero attached hydrogens (tertiary/aromatic N) is 3. The van der Waals surface area contributed by atoms with E-state index in [4.69, 9.17) is 14.3 Å². The molecule has 2 saturated heterocycles. The summed E-state index contributed by atoms with van der Waals surface area (Å²) in [4.78, 5) is 7.91. The van der Waals surface area contributed by atoms with Crippen molar-refractivity contribution < 1.29 is 22.7 Å². The van der Waals surface area contributed by atoms with E-state index < -0.39 is 21.3 Å². The minimum Gasteiger partial charge on any atom is -0.493 e. The molecule has 0 amide bonds. The molecule has 4 rings (SSSR count). The number of hydroxylamine groups is 2. The first-order valence-corrected chi connectivity index (χ1v) is 13.0. The second-order valence-electron chi connectivity index (χ2n) is 8.54. The molecule has 0 bridgehead atoms. The molecule has 0 aliphatic carbocycles. The van der Waals surface area contributed by atoms with E-state index in [-0.39, 0.29) is 6.61 Å². The van der Waals surface area contributed by atoms with Crippen LogP contribution < -0.4 is 9.47 Å². The summed E-state index contributed by atoms with van der Waals surface area (Å²) in [6.45, 7) is 7.40. The van der Waals surface area contributed by atoms with Crippen LogP contribution in [0.25, 0.3) is 0 Å². The molecule has 2 aromatic rings. The third-order valence-electron chi connectivity index (χ3n) is 6.41. The second kappa shape index (κ2) is 10.9. The Morgan fingerprint density at radius 3 is 2.50 bits per heavy atom. The zero-order chi connectivity index (χ0) is 24.1. The standard InChI is InChI=1S/C25H33N3O5S/c1-4-12-27-13-15-28(16-14-27)34(29,30)24-19-33-26(2)25(24)21-10-11-22(23(17-21)31-3)32-18-20-8-6-5-7-9-20/h4-11,17,24-25H,1,12-16,18-19H2,2-3H3. The lowest BCUT2D eigenvalue weighted by Gasteiger charge is -2.35. The van der Waals surface area contributed by atoms with E-state index in [1.165, 1.54) is 0 Å². The smallest absolute Gasteiger partial charge is 0.221 e. The van der Waals surface area contributed by atoms with E-state index in [0.717, 1.165) is 17.7 Å². The van der Waals surface area contributed by atoms with Crippen molar-refractivity contribution in [3.63, 3.8) is 0 Å². The first-order chi connectivity index (χ1) is 16.4. The number of hydrogen-bond acceptors (Lipinski definition) is 7. The third-order valence-corrected chi connectivity index (χ3v) is 8.66. The van der Waals surface area contributed by atoms with Crippen molar-refractivity contribution in [2.45, 2.75) is 17.9 Å². The van der Waals surface area contributed by atoms with Crippen molar-refractivity contribution in [1.82, 2.24) is 14.3 Å². The lowest BCUT2D eigenvalue weighted by molar-refractivity contribution is -0.110. The fourth-order valence-corrected chi connectivity index (χ4v) is 6.48. The van der Waals surface area contributed by atoms with Gasteiger partial charge in [-0.3, -0.25) is 9.74 Å². The zero-order valence-electron chi connectivity index (χ0n) is 19.8. The van der Waals surface area contributed by atoms with Crippen molar-refractivity contribution >= 4 is 10.0 Å². The normalized spacial score (nSPS) is 22.5. The number of hydrogen-bond donors (Lipinski definition) is 0. The van der Waals surface area contributed by atoms with E-state index in [9.17, 15) is 8.42 Å². The number of rotatable bonds is 9. The van der Waals surface area contributed by atoms with Gasteiger partial charge in [-0.25, -0.2) is 8.42 Å². The highest BCUT2D eigenvalue weighted by Gasteiger charge is 2.46. The van der Waals surface area contributed by atoms with E-state index in [0.29, 0.717) is 44.3 Å². The van der Waals surface area contributed by atoms with E-state index in [2.05, 4.69) is 11.5 Å². The van der Waals surface area contributed by atoms with Crippen LogP contribution in [0.3, 0.4) is 0 Å². The molecule has 2 atom stereocenters. The first-order valence-electron chi connectivity index (χ1n) is 11.5. The van der Waals surface area contributed by atoms with Crippen molar-refractivity contribution in [3.8, 4) is 11.5 Å². The molecule has 9 heteroatoms. The van der Waals surface area contributed by atoms with Gasteiger partial charge in [0.25, 0.3) is 0 Å². The Labute approximate surface area is 202 Å². The topological polar surface area (TPSA) is 71.6 Å². The number of sulfonamides is 1. The summed E-state index contributed by atoms with van der Waals surface area (Å²) in [7, 11) is -0.208. The summed E-state index contributed by atoms with van der Waals surface area (Å²) in [6.07, 6.45) is 1.85. The SMILES string of the molecule is C=CCN1CCN(S(=O)(=O)C2CON(C)C2c2ccc(OCc3ccccc3)c(OC)c2)CC1. The van der Waals surface area contributed by atoms with Crippen LogP contribution in [0.2, 0.25) is 0 Å². The van der Waals surface area contributed by atoms with Gasteiger partial charge in [-0.05, 0) is 23.3 Å². The number of ether oxygens (including phenoxy) is 2. The van der Waals surface area contributed by atoms with Gasteiger partial charge in [-0.15, -0.1) is 6.58 Å². The summed E-state index contributed by atoms with van der Waals surface area (Å²) in [5, 5.41) is 0.930. The molecule has 0 N–H and O–H groups in total. The second-order valence-corrected chi connectivity index (χ2v) is 10.7. The molecule has 34 heavy (non-hydrogen) atoms. The molecule has 0 aromatic heterocycles. The number of benzene rings is 2. The molecular weight excluding hydrogens is 454 g/mol. The Morgan fingerprint density at radius 1 is 1.09 bits per heavy atom. The monoisotopic (exact) mass is 487 g/mol. The Hall–Kier alpha value is -2.43. The lowest BCUT2D eigenvalue weighted by atomic mass is 10.0. The van der Waals surface area contributed by atoms with Crippen LogP contribution in [0.1, 0.15) is 17.2 Å². The molecule has 2 heterocycles. The molecule has 8 nitrogen and oxygen atoms in total. The predicted octanol–water partition coefficient (Wildman–Crippen LogP) is 2.69. The van der Waals surface area contributed by atoms with Crippen LogP contribution in [-0.2, 0) is 21.5 Å². The molecule has 0 saturated carbocycles. The molecule has 2 fully saturated rings. The van der Waals surface area contributed by atoms with E-state index in [1.54, 1.807) is 23.5 Å². The Morgan fingerprint density at radius 2 is 1.82 bits per heavy atom. The summed E-state index contributed by atoms with van der Waals surface area (Å²) in [5.41, 5.74) is 1.86. The lowest BCUT2D eigenvalue weighted by Crippen LogP contribution is -2.52. The van der Waals surface area contributed by atoms with Crippen LogP contribution in [0.15, 0.2) is 61.2 Å². The van der Waals surface area contributed by atoms with Crippen LogP contribution in [-0.4, -0.2) is 81.4 Å².